The lowest BCUT2D eigenvalue weighted by Gasteiger charge is -2.22. The third-order valence-electron chi connectivity index (χ3n) is 4.06. The molecule has 0 saturated heterocycles. The number of nitrogens with zero attached hydrogens (tertiary/aromatic N) is 1. The third kappa shape index (κ3) is 2.93. The van der Waals surface area contributed by atoms with E-state index in [1.54, 1.807) is 0 Å². The number of hydrogen-bond donors (Lipinski definition) is 1. The number of hydrogen-bond acceptors (Lipinski definition) is 2. The first-order valence-corrected chi connectivity index (χ1v) is 7.39. The molecule has 1 fully saturated rings. The molecule has 0 radical (unpaired) electrons. The summed E-state index contributed by atoms with van der Waals surface area (Å²) in [6.45, 7) is 8.08. The Hall–Kier alpha value is -0.860. The van der Waals surface area contributed by atoms with Crippen LogP contribution in [0.1, 0.15) is 42.9 Å². The second kappa shape index (κ2) is 5.41. The number of benzene rings is 1. The maximum Gasteiger partial charge on any atom is 0.0233 e. The van der Waals surface area contributed by atoms with Crippen molar-refractivity contribution in [1.82, 2.24) is 10.2 Å². The molecular formula is C16H24N2. The largest absolute Gasteiger partial charge is 0.309 e. The smallest absolute Gasteiger partial charge is 0.0233 e. The minimum atomic E-state index is 0.993. The lowest BCUT2D eigenvalue weighted by molar-refractivity contribution is 0.255. The zero-order valence-electron chi connectivity index (χ0n) is 11.4. The lowest BCUT2D eigenvalue weighted by atomic mass is 10.1. The molecule has 2 aliphatic rings. The molecule has 2 nitrogen and oxygen atoms in total. The molecule has 0 amide bonds. The van der Waals surface area contributed by atoms with Crippen molar-refractivity contribution in [3.05, 3.63) is 34.9 Å². The van der Waals surface area contributed by atoms with Crippen LogP contribution in [0.3, 0.4) is 0 Å². The zero-order chi connectivity index (χ0) is 12.4. The van der Waals surface area contributed by atoms with E-state index in [9.17, 15) is 0 Å². The van der Waals surface area contributed by atoms with Crippen molar-refractivity contribution < 1.29 is 0 Å². The van der Waals surface area contributed by atoms with Crippen molar-refractivity contribution >= 4 is 0 Å². The normalized spacial score (nSPS) is 18.3. The molecule has 3 rings (SSSR count). The summed E-state index contributed by atoms with van der Waals surface area (Å²) in [5.41, 5.74) is 4.49. The van der Waals surface area contributed by atoms with E-state index in [1.165, 1.54) is 49.0 Å². The first kappa shape index (κ1) is 12.2. The van der Waals surface area contributed by atoms with Crippen LogP contribution in [0.2, 0.25) is 0 Å². The van der Waals surface area contributed by atoms with Gasteiger partial charge in [0.2, 0.25) is 0 Å². The van der Waals surface area contributed by atoms with Gasteiger partial charge in [0.1, 0.15) is 0 Å². The van der Waals surface area contributed by atoms with Gasteiger partial charge < -0.3 is 5.32 Å². The Labute approximate surface area is 110 Å². The van der Waals surface area contributed by atoms with Gasteiger partial charge in [0, 0.05) is 26.2 Å². The standard InChI is InChI=1S/C16H24N2/c1-2-7-18(11-13-3-4-13)12-14-5-6-15-9-17-10-16(15)8-14/h5-6,8,13,17H,2-4,7,9-12H2,1H3. The lowest BCUT2D eigenvalue weighted by Crippen LogP contribution is -2.26. The summed E-state index contributed by atoms with van der Waals surface area (Å²) in [6, 6.07) is 7.04. The van der Waals surface area contributed by atoms with Crippen molar-refractivity contribution in [3.63, 3.8) is 0 Å². The minimum absolute atomic E-state index is 0.993. The topological polar surface area (TPSA) is 15.3 Å². The molecule has 1 aromatic rings. The zero-order valence-corrected chi connectivity index (χ0v) is 11.4. The summed E-state index contributed by atoms with van der Waals surface area (Å²) in [4.78, 5) is 2.64. The molecule has 98 valence electrons. The molecule has 1 N–H and O–H groups in total. The average molecular weight is 244 g/mol. The predicted molar refractivity (Wildman–Crippen MR) is 75.3 cm³/mol. The van der Waals surface area contributed by atoms with Crippen LogP contribution >= 0.6 is 0 Å². The maximum absolute atomic E-state index is 3.42. The highest BCUT2D eigenvalue weighted by Gasteiger charge is 2.24. The van der Waals surface area contributed by atoms with Gasteiger partial charge in [-0.25, -0.2) is 0 Å². The van der Waals surface area contributed by atoms with Gasteiger partial charge >= 0.3 is 0 Å². The summed E-state index contributed by atoms with van der Waals surface area (Å²) in [6.07, 6.45) is 4.17. The number of nitrogens with one attached hydrogen (secondary N) is 1. The van der Waals surface area contributed by atoms with E-state index < -0.39 is 0 Å². The van der Waals surface area contributed by atoms with Gasteiger partial charge in [-0.2, -0.15) is 0 Å². The molecule has 1 aromatic carbocycles. The fourth-order valence-electron chi connectivity index (χ4n) is 2.92. The third-order valence-corrected chi connectivity index (χ3v) is 4.06. The van der Waals surface area contributed by atoms with Crippen molar-refractivity contribution in [2.75, 3.05) is 13.1 Å². The van der Waals surface area contributed by atoms with E-state index in [0.29, 0.717) is 0 Å². The van der Waals surface area contributed by atoms with Crippen LogP contribution in [0.4, 0.5) is 0 Å². The quantitative estimate of drug-likeness (QED) is 0.827. The molecule has 2 heteroatoms. The summed E-state index contributed by atoms with van der Waals surface area (Å²) >= 11 is 0. The Morgan fingerprint density at radius 3 is 2.83 bits per heavy atom. The van der Waals surface area contributed by atoms with Crippen LogP contribution in [0.5, 0.6) is 0 Å². The van der Waals surface area contributed by atoms with E-state index in [0.717, 1.165) is 25.6 Å². The highest BCUT2D eigenvalue weighted by Crippen LogP contribution is 2.30. The molecule has 0 atom stereocenters. The van der Waals surface area contributed by atoms with Crippen LogP contribution in [0.15, 0.2) is 18.2 Å². The first-order chi connectivity index (χ1) is 8.85. The SMILES string of the molecule is CCCN(Cc1ccc2c(c1)CNC2)CC1CC1. The van der Waals surface area contributed by atoms with Crippen LogP contribution in [0, 0.1) is 5.92 Å². The molecule has 18 heavy (non-hydrogen) atoms. The first-order valence-electron chi connectivity index (χ1n) is 7.39. The van der Waals surface area contributed by atoms with E-state index in [1.807, 2.05) is 0 Å². The molecule has 0 unspecified atom stereocenters. The van der Waals surface area contributed by atoms with Crippen molar-refractivity contribution in [1.29, 1.82) is 0 Å². The fourth-order valence-corrected chi connectivity index (χ4v) is 2.92. The molecular weight excluding hydrogens is 220 g/mol. The highest BCUT2D eigenvalue weighted by atomic mass is 15.1. The molecule has 1 heterocycles. The molecule has 0 bridgehead atoms. The Morgan fingerprint density at radius 1 is 1.22 bits per heavy atom. The van der Waals surface area contributed by atoms with Crippen LogP contribution < -0.4 is 5.32 Å². The van der Waals surface area contributed by atoms with E-state index >= 15 is 0 Å². The van der Waals surface area contributed by atoms with Gasteiger partial charge in [-0.05, 0) is 48.4 Å². The van der Waals surface area contributed by atoms with Crippen LogP contribution in [0.25, 0.3) is 0 Å². The molecule has 1 aliphatic heterocycles. The van der Waals surface area contributed by atoms with E-state index in [4.69, 9.17) is 0 Å². The Morgan fingerprint density at radius 2 is 2.06 bits per heavy atom. The second-order valence-corrected chi connectivity index (χ2v) is 5.89. The van der Waals surface area contributed by atoms with E-state index in [-0.39, 0.29) is 0 Å². The van der Waals surface area contributed by atoms with Gasteiger partial charge in [-0.1, -0.05) is 25.1 Å². The van der Waals surface area contributed by atoms with Gasteiger partial charge in [0.15, 0.2) is 0 Å². The van der Waals surface area contributed by atoms with Gasteiger partial charge in [0.05, 0.1) is 0 Å². The Balaban J connectivity index is 1.65. The second-order valence-electron chi connectivity index (χ2n) is 5.89. The summed E-state index contributed by atoms with van der Waals surface area (Å²) in [5, 5.41) is 3.42. The summed E-state index contributed by atoms with van der Waals surface area (Å²) < 4.78 is 0. The van der Waals surface area contributed by atoms with Gasteiger partial charge in [-0.15, -0.1) is 0 Å². The Bertz CT molecular complexity index is 410. The predicted octanol–water partition coefficient (Wildman–Crippen LogP) is 2.91. The molecule has 1 aliphatic carbocycles. The maximum atomic E-state index is 3.42. The summed E-state index contributed by atoms with van der Waals surface area (Å²) in [5.74, 6) is 0.993. The molecule has 1 saturated carbocycles. The molecule has 0 spiro atoms. The monoisotopic (exact) mass is 244 g/mol. The highest BCUT2D eigenvalue weighted by molar-refractivity contribution is 5.34. The van der Waals surface area contributed by atoms with Gasteiger partial charge in [0.25, 0.3) is 0 Å². The van der Waals surface area contributed by atoms with Crippen LogP contribution in [-0.4, -0.2) is 18.0 Å². The molecule has 0 aromatic heterocycles. The fraction of sp³-hybridized carbons (Fsp3) is 0.625. The average Bonchev–Trinajstić information content (AvgIpc) is 3.05. The number of rotatable bonds is 6. The Kier molecular flexibility index (Phi) is 3.67. The van der Waals surface area contributed by atoms with E-state index in [2.05, 4.69) is 35.3 Å². The van der Waals surface area contributed by atoms with Crippen molar-refractivity contribution in [2.24, 2.45) is 5.92 Å². The van der Waals surface area contributed by atoms with Crippen molar-refractivity contribution in [2.45, 2.75) is 45.8 Å². The van der Waals surface area contributed by atoms with Crippen molar-refractivity contribution in [3.8, 4) is 0 Å². The number of fused-ring (bicyclic) bond motifs is 1. The van der Waals surface area contributed by atoms with Crippen LogP contribution in [-0.2, 0) is 19.6 Å². The van der Waals surface area contributed by atoms with Gasteiger partial charge in [-0.3, -0.25) is 4.90 Å². The summed E-state index contributed by atoms with van der Waals surface area (Å²) in [7, 11) is 0. The minimum Gasteiger partial charge on any atom is -0.309 e.